The summed E-state index contributed by atoms with van der Waals surface area (Å²) in [6, 6.07) is 3.43. The van der Waals surface area contributed by atoms with Crippen LogP contribution < -0.4 is 5.32 Å². The zero-order valence-corrected chi connectivity index (χ0v) is 13.1. The molecule has 0 bridgehead atoms. The van der Waals surface area contributed by atoms with Gasteiger partial charge in [-0.15, -0.1) is 0 Å². The number of nitrogens with zero attached hydrogens (tertiary/aromatic N) is 3. The van der Waals surface area contributed by atoms with Crippen LogP contribution in [0.3, 0.4) is 0 Å². The summed E-state index contributed by atoms with van der Waals surface area (Å²) in [5, 5.41) is 3.58. The fraction of sp³-hybridized carbons (Fsp3) is 0.588. The average molecular weight is 286 g/mol. The van der Waals surface area contributed by atoms with Gasteiger partial charge in [-0.1, -0.05) is 20.3 Å². The van der Waals surface area contributed by atoms with Crippen LogP contribution in [0.5, 0.6) is 0 Å². The smallest absolute Gasteiger partial charge is 0.0951 e. The molecule has 1 N–H and O–H groups in total. The van der Waals surface area contributed by atoms with E-state index >= 15 is 0 Å². The maximum atomic E-state index is 4.32. The van der Waals surface area contributed by atoms with Crippen molar-refractivity contribution in [2.24, 2.45) is 0 Å². The summed E-state index contributed by atoms with van der Waals surface area (Å²) in [6.45, 7) is 6.36. The molecule has 0 amide bonds. The highest BCUT2D eigenvalue weighted by Crippen LogP contribution is 2.35. The summed E-state index contributed by atoms with van der Waals surface area (Å²) >= 11 is 0. The molecule has 1 aliphatic rings. The summed E-state index contributed by atoms with van der Waals surface area (Å²) in [5.41, 5.74) is 2.71. The molecule has 0 spiro atoms. The van der Waals surface area contributed by atoms with Gasteiger partial charge in [0.15, 0.2) is 0 Å². The Morgan fingerprint density at radius 3 is 2.95 bits per heavy atom. The molecule has 1 saturated carbocycles. The molecule has 2 heterocycles. The SMILES string of the molecule is CCCC(NCC)c1ccn(Cc2cncn2C2CC2)c1. The quantitative estimate of drug-likeness (QED) is 0.806. The van der Waals surface area contributed by atoms with Crippen molar-refractivity contribution in [3.63, 3.8) is 0 Å². The van der Waals surface area contributed by atoms with Crippen LogP contribution in [-0.2, 0) is 6.54 Å². The van der Waals surface area contributed by atoms with Crippen LogP contribution >= 0.6 is 0 Å². The topological polar surface area (TPSA) is 34.8 Å². The van der Waals surface area contributed by atoms with E-state index in [0.29, 0.717) is 12.1 Å². The van der Waals surface area contributed by atoms with E-state index < -0.39 is 0 Å². The lowest BCUT2D eigenvalue weighted by molar-refractivity contribution is 0.508. The second-order valence-electron chi connectivity index (χ2n) is 6.04. The minimum atomic E-state index is 0.481. The Kier molecular flexibility index (Phi) is 4.44. The summed E-state index contributed by atoms with van der Waals surface area (Å²) in [5.74, 6) is 0. The molecule has 0 saturated heterocycles. The third-order valence-electron chi connectivity index (χ3n) is 4.23. The van der Waals surface area contributed by atoms with E-state index in [1.807, 2.05) is 12.5 Å². The zero-order chi connectivity index (χ0) is 14.7. The highest BCUT2D eigenvalue weighted by atomic mass is 15.1. The van der Waals surface area contributed by atoms with E-state index in [1.54, 1.807) is 0 Å². The second kappa shape index (κ2) is 6.48. The zero-order valence-electron chi connectivity index (χ0n) is 13.1. The number of hydrogen-bond acceptors (Lipinski definition) is 2. The molecular weight excluding hydrogens is 260 g/mol. The van der Waals surface area contributed by atoms with Gasteiger partial charge in [0.2, 0.25) is 0 Å². The van der Waals surface area contributed by atoms with Gasteiger partial charge >= 0.3 is 0 Å². The van der Waals surface area contributed by atoms with Gasteiger partial charge in [-0.2, -0.15) is 0 Å². The van der Waals surface area contributed by atoms with Crippen molar-refractivity contribution in [2.75, 3.05) is 6.54 Å². The highest BCUT2D eigenvalue weighted by molar-refractivity contribution is 5.17. The van der Waals surface area contributed by atoms with Crippen LogP contribution in [-0.4, -0.2) is 20.7 Å². The normalized spacial score (nSPS) is 16.3. The third kappa shape index (κ3) is 3.38. The van der Waals surface area contributed by atoms with Gasteiger partial charge < -0.3 is 14.5 Å². The van der Waals surface area contributed by atoms with E-state index in [9.17, 15) is 0 Å². The fourth-order valence-corrected chi connectivity index (χ4v) is 3.01. The Balaban J connectivity index is 1.70. The van der Waals surface area contributed by atoms with Crippen LogP contribution in [0.25, 0.3) is 0 Å². The average Bonchev–Trinajstić information content (AvgIpc) is 3.04. The molecule has 1 atom stereocenters. The summed E-state index contributed by atoms with van der Waals surface area (Å²) in [6.07, 6.45) is 13.5. The number of hydrogen-bond donors (Lipinski definition) is 1. The van der Waals surface area contributed by atoms with Crippen molar-refractivity contribution in [3.8, 4) is 0 Å². The summed E-state index contributed by atoms with van der Waals surface area (Å²) in [7, 11) is 0. The molecule has 114 valence electrons. The van der Waals surface area contributed by atoms with E-state index in [0.717, 1.165) is 13.1 Å². The lowest BCUT2D eigenvalue weighted by Gasteiger charge is -2.15. The molecule has 1 aliphatic carbocycles. The standard InChI is InChI=1S/C17H26N4/c1-3-5-17(19-4-2)14-8-9-20(11-14)12-16-10-18-13-21(16)15-6-7-15/h8-11,13,15,17,19H,3-7,12H2,1-2H3. The lowest BCUT2D eigenvalue weighted by atomic mass is 10.1. The number of nitrogens with one attached hydrogen (secondary N) is 1. The molecule has 1 fully saturated rings. The van der Waals surface area contributed by atoms with Crippen LogP contribution in [0.1, 0.15) is 62.9 Å². The van der Waals surface area contributed by atoms with E-state index in [-0.39, 0.29) is 0 Å². The predicted octanol–water partition coefficient (Wildman–Crippen LogP) is 3.52. The Bertz CT molecular complexity index is 559. The van der Waals surface area contributed by atoms with Gasteiger partial charge in [0, 0.05) is 30.7 Å². The maximum absolute atomic E-state index is 4.32. The van der Waals surface area contributed by atoms with Gasteiger partial charge in [-0.05, 0) is 37.4 Å². The molecule has 2 aromatic heterocycles. The Morgan fingerprint density at radius 1 is 1.38 bits per heavy atom. The predicted molar refractivity (Wildman–Crippen MR) is 85.4 cm³/mol. The number of imidazole rings is 1. The first-order valence-electron chi connectivity index (χ1n) is 8.21. The summed E-state index contributed by atoms with van der Waals surface area (Å²) < 4.78 is 4.62. The Labute approximate surface area is 127 Å². The van der Waals surface area contributed by atoms with E-state index in [2.05, 4.69) is 51.7 Å². The molecule has 3 rings (SSSR count). The largest absolute Gasteiger partial charge is 0.348 e. The Morgan fingerprint density at radius 2 is 2.24 bits per heavy atom. The van der Waals surface area contributed by atoms with Crippen LogP contribution in [0.2, 0.25) is 0 Å². The van der Waals surface area contributed by atoms with Gasteiger partial charge in [0.25, 0.3) is 0 Å². The number of aromatic nitrogens is 3. The molecule has 21 heavy (non-hydrogen) atoms. The third-order valence-corrected chi connectivity index (χ3v) is 4.23. The van der Waals surface area contributed by atoms with Crippen LogP contribution in [0.15, 0.2) is 31.0 Å². The highest BCUT2D eigenvalue weighted by Gasteiger charge is 2.25. The van der Waals surface area contributed by atoms with Gasteiger partial charge in [0.05, 0.1) is 18.6 Å². The van der Waals surface area contributed by atoms with Crippen molar-refractivity contribution in [3.05, 3.63) is 42.2 Å². The lowest BCUT2D eigenvalue weighted by Crippen LogP contribution is -2.20. The van der Waals surface area contributed by atoms with Crippen molar-refractivity contribution >= 4 is 0 Å². The first-order valence-corrected chi connectivity index (χ1v) is 8.21. The van der Waals surface area contributed by atoms with E-state index in [4.69, 9.17) is 0 Å². The second-order valence-corrected chi connectivity index (χ2v) is 6.04. The van der Waals surface area contributed by atoms with Crippen molar-refractivity contribution in [1.29, 1.82) is 0 Å². The molecule has 0 aromatic carbocycles. The minimum absolute atomic E-state index is 0.481. The van der Waals surface area contributed by atoms with Crippen molar-refractivity contribution in [1.82, 2.24) is 19.4 Å². The van der Waals surface area contributed by atoms with Crippen molar-refractivity contribution in [2.45, 2.75) is 58.2 Å². The molecule has 1 unspecified atom stereocenters. The van der Waals surface area contributed by atoms with Gasteiger partial charge in [-0.3, -0.25) is 0 Å². The monoisotopic (exact) mass is 286 g/mol. The number of rotatable bonds is 8. The fourth-order valence-electron chi connectivity index (χ4n) is 3.01. The minimum Gasteiger partial charge on any atom is -0.348 e. The van der Waals surface area contributed by atoms with E-state index in [1.165, 1.54) is 36.9 Å². The van der Waals surface area contributed by atoms with Gasteiger partial charge in [0.1, 0.15) is 0 Å². The Hall–Kier alpha value is -1.55. The first-order chi connectivity index (χ1) is 10.3. The molecule has 0 aliphatic heterocycles. The molecule has 4 nitrogen and oxygen atoms in total. The van der Waals surface area contributed by atoms with Crippen LogP contribution in [0.4, 0.5) is 0 Å². The van der Waals surface area contributed by atoms with Gasteiger partial charge in [-0.25, -0.2) is 4.98 Å². The molecule has 2 aromatic rings. The first kappa shape index (κ1) is 14.4. The van der Waals surface area contributed by atoms with Crippen molar-refractivity contribution < 1.29 is 0 Å². The van der Waals surface area contributed by atoms with Crippen LogP contribution in [0, 0.1) is 0 Å². The molecule has 4 heteroatoms. The molecule has 0 radical (unpaired) electrons. The maximum Gasteiger partial charge on any atom is 0.0951 e. The molecular formula is C17H26N4. The summed E-state index contributed by atoms with van der Waals surface area (Å²) in [4.78, 5) is 4.32.